The molecule has 1 amide bonds. The lowest BCUT2D eigenvalue weighted by molar-refractivity contribution is -0.142. The lowest BCUT2D eigenvalue weighted by Gasteiger charge is -2.36. The van der Waals surface area contributed by atoms with Crippen LogP contribution >= 0.6 is 11.6 Å². The molecule has 24 heavy (non-hydrogen) atoms. The molecular formula is C19H25ClN2O2. The third kappa shape index (κ3) is 3.32. The number of carbonyl (C=O) groups excluding carboxylic acids is 1. The molecule has 1 unspecified atom stereocenters. The number of nitrogens with one attached hydrogen (secondary N) is 1. The van der Waals surface area contributed by atoms with E-state index in [0.717, 1.165) is 50.4 Å². The van der Waals surface area contributed by atoms with E-state index in [1.165, 1.54) is 18.4 Å². The Morgan fingerprint density at radius 2 is 1.88 bits per heavy atom. The summed E-state index contributed by atoms with van der Waals surface area (Å²) in [6.07, 6.45) is 6.13. The van der Waals surface area contributed by atoms with Gasteiger partial charge < -0.3 is 15.0 Å². The predicted octanol–water partition coefficient (Wildman–Crippen LogP) is 3.09. The van der Waals surface area contributed by atoms with Crippen LogP contribution in [0, 0.1) is 0 Å². The summed E-state index contributed by atoms with van der Waals surface area (Å²) in [5, 5.41) is 4.65. The number of carbonyl (C=O) groups is 1. The van der Waals surface area contributed by atoms with Crippen LogP contribution < -0.4 is 5.32 Å². The second-order valence-electron chi connectivity index (χ2n) is 7.33. The summed E-state index contributed by atoms with van der Waals surface area (Å²) in [6.45, 7) is 2.41. The average molecular weight is 349 g/mol. The van der Waals surface area contributed by atoms with E-state index >= 15 is 0 Å². The van der Waals surface area contributed by atoms with Gasteiger partial charge in [-0.05, 0) is 56.2 Å². The van der Waals surface area contributed by atoms with E-state index in [1.54, 1.807) is 0 Å². The maximum atomic E-state index is 12.4. The largest absolute Gasteiger partial charge is 0.368 e. The number of piperidine rings is 1. The molecule has 1 atom stereocenters. The number of benzene rings is 1. The summed E-state index contributed by atoms with van der Waals surface area (Å²) in [5.74, 6) is 0.199. The molecule has 5 heteroatoms. The second kappa shape index (κ2) is 6.66. The van der Waals surface area contributed by atoms with Crippen LogP contribution in [0.5, 0.6) is 0 Å². The van der Waals surface area contributed by atoms with Gasteiger partial charge in [0.05, 0.1) is 0 Å². The van der Waals surface area contributed by atoms with E-state index in [1.807, 2.05) is 17.0 Å². The maximum Gasteiger partial charge on any atom is 0.251 e. The lowest BCUT2D eigenvalue weighted by Crippen LogP contribution is -2.50. The number of halogens is 1. The summed E-state index contributed by atoms with van der Waals surface area (Å²) >= 11 is 6.01. The summed E-state index contributed by atoms with van der Waals surface area (Å²) in [7, 11) is 0. The van der Waals surface area contributed by atoms with E-state index in [2.05, 4.69) is 17.4 Å². The van der Waals surface area contributed by atoms with Gasteiger partial charge in [-0.3, -0.25) is 4.79 Å². The Kier molecular flexibility index (Phi) is 4.54. The van der Waals surface area contributed by atoms with E-state index < -0.39 is 0 Å². The van der Waals surface area contributed by atoms with E-state index in [9.17, 15) is 4.79 Å². The molecule has 4 rings (SSSR count). The molecule has 4 nitrogen and oxygen atoms in total. The van der Waals surface area contributed by atoms with Crippen molar-refractivity contribution in [2.24, 2.45) is 0 Å². The molecule has 1 saturated carbocycles. The third-order valence-electron chi connectivity index (χ3n) is 5.64. The quantitative estimate of drug-likeness (QED) is 0.909. The van der Waals surface area contributed by atoms with Crippen molar-refractivity contribution in [3.63, 3.8) is 0 Å². The lowest BCUT2D eigenvalue weighted by atomic mass is 9.99. The van der Waals surface area contributed by atoms with Crippen molar-refractivity contribution in [3.8, 4) is 0 Å². The van der Waals surface area contributed by atoms with Crippen LogP contribution in [-0.4, -0.2) is 42.6 Å². The SMILES string of the molecule is O=C(C1CCCO1)N1CCC(NC2(c3ccc(Cl)cc3)CC2)CC1. The number of rotatable bonds is 4. The Bertz CT molecular complexity index is 586. The molecule has 130 valence electrons. The average Bonchev–Trinajstić information content (AvgIpc) is 3.18. The molecule has 1 aromatic rings. The van der Waals surface area contributed by atoms with Gasteiger partial charge in [-0.1, -0.05) is 23.7 Å². The van der Waals surface area contributed by atoms with Crippen molar-refractivity contribution in [1.82, 2.24) is 10.2 Å². The molecule has 1 N–H and O–H groups in total. The Morgan fingerprint density at radius 3 is 2.46 bits per heavy atom. The van der Waals surface area contributed by atoms with Gasteiger partial charge in [-0.15, -0.1) is 0 Å². The fraction of sp³-hybridized carbons (Fsp3) is 0.632. The topological polar surface area (TPSA) is 41.6 Å². The number of hydrogen-bond donors (Lipinski definition) is 1. The minimum absolute atomic E-state index is 0.135. The Morgan fingerprint density at radius 1 is 1.17 bits per heavy atom. The minimum atomic E-state index is -0.182. The molecule has 3 fully saturated rings. The summed E-state index contributed by atoms with van der Waals surface area (Å²) in [5.41, 5.74) is 1.47. The highest BCUT2D eigenvalue weighted by atomic mass is 35.5. The molecule has 2 saturated heterocycles. The molecule has 2 aliphatic heterocycles. The third-order valence-corrected chi connectivity index (χ3v) is 5.89. The molecule has 3 aliphatic rings. The highest BCUT2D eigenvalue weighted by molar-refractivity contribution is 6.30. The maximum absolute atomic E-state index is 12.4. The molecule has 2 heterocycles. The fourth-order valence-corrected chi connectivity index (χ4v) is 4.15. The molecule has 1 aliphatic carbocycles. The molecule has 1 aromatic carbocycles. The molecule has 0 radical (unpaired) electrons. The van der Waals surface area contributed by atoms with Crippen molar-refractivity contribution >= 4 is 17.5 Å². The van der Waals surface area contributed by atoms with Crippen molar-refractivity contribution in [2.45, 2.75) is 56.2 Å². The normalized spacial score (nSPS) is 26.5. The second-order valence-corrected chi connectivity index (χ2v) is 7.77. The van der Waals surface area contributed by atoms with Gasteiger partial charge in [-0.2, -0.15) is 0 Å². The van der Waals surface area contributed by atoms with Gasteiger partial charge in [0.1, 0.15) is 6.10 Å². The van der Waals surface area contributed by atoms with Crippen LogP contribution in [0.1, 0.15) is 44.1 Å². The van der Waals surface area contributed by atoms with E-state index in [-0.39, 0.29) is 17.6 Å². The number of amides is 1. The number of hydrogen-bond acceptors (Lipinski definition) is 3. The fourth-order valence-electron chi connectivity index (χ4n) is 4.02. The van der Waals surface area contributed by atoms with Crippen molar-refractivity contribution in [1.29, 1.82) is 0 Å². The van der Waals surface area contributed by atoms with E-state index in [0.29, 0.717) is 6.04 Å². The standard InChI is InChI=1S/C19H25ClN2O2/c20-15-5-3-14(4-6-15)19(9-10-19)21-16-7-11-22(12-8-16)18(23)17-2-1-13-24-17/h3-6,16-17,21H,1-2,7-13H2. The van der Waals surface area contributed by atoms with Crippen LogP contribution in [0.25, 0.3) is 0 Å². The number of likely N-dealkylation sites (tertiary alicyclic amines) is 1. The Labute approximate surface area is 148 Å². The van der Waals surface area contributed by atoms with Gasteiger partial charge in [-0.25, -0.2) is 0 Å². The highest BCUT2D eigenvalue weighted by Gasteiger charge is 2.45. The minimum Gasteiger partial charge on any atom is -0.368 e. The van der Waals surface area contributed by atoms with Crippen molar-refractivity contribution < 1.29 is 9.53 Å². The first-order valence-electron chi connectivity index (χ1n) is 9.10. The smallest absolute Gasteiger partial charge is 0.251 e. The zero-order valence-electron chi connectivity index (χ0n) is 14.0. The summed E-state index contributed by atoms with van der Waals surface area (Å²) in [6, 6.07) is 8.71. The molecule has 0 bridgehead atoms. The zero-order valence-corrected chi connectivity index (χ0v) is 14.7. The zero-order chi connectivity index (χ0) is 16.6. The molecule has 0 aromatic heterocycles. The summed E-state index contributed by atoms with van der Waals surface area (Å²) < 4.78 is 5.54. The first-order chi connectivity index (χ1) is 11.7. The number of nitrogens with zero attached hydrogens (tertiary/aromatic N) is 1. The monoisotopic (exact) mass is 348 g/mol. The highest BCUT2D eigenvalue weighted by Crippen LogP contribution is 2.46. The van der Waals surface area contributed by atoms with Gasteiger partial charge in [0, 0.05) is 36.3 Å². The van der Waals surface area contributed by atoms with Crippen LogP contribution in [-0.2, 0) is 15.1 Å². The Hall–Kier alpha value is -1.10. The van der Waals surface area contributed by atoms with Crippen LogP contribution in [0.15, 0.2) is 24.3 Å². The predicted molar refractivity (Wildman–Crippen MR) is 94.1 cm³/mol. The van der Waals surface area contributed by atoms with Gasteiger partial charge in [0.25, 0.3) is 5.91 Å². The molecular weight excluding hydrogens is 324 g/mol. The van der Waals surface area contributed by atoms with E-state index in [4.69, 9.17) is 16.3 Å². The van der Waals surface area contributed by atoms with Gasteiger partial charge in [0.15, 0.2) is 0 Å². The van der Waals surface area contributed by atoms with Crippen LogP contribution in [0.3, 0.4) is 0 Å². The first-order valence-corrected chi connectivity index (χ1v) is 9.48. The Balaban J connectivity index is 1.31. The van der Waals surface area contributed by atoms with Crippen molar-refractivity contribution in [2.75, 3.05) is 19.7 Å². The van der Waals surface area contributed by atoms with Crippen LogP contribution in [0.4, 0.5) is 0 Å². The van der Waals surface area contributed by atoms with Gasteiger partial charge >= 0.3 is 0 Å². The van der Waals surface area contributed by atoms with Crippen LogP contribution in [0.2, 0.25) is 5.02 Å². The number of ether oxygens (including phenoxy) is 1. The van der Waals surface area contributed by atoms with Crippen molar-refractivity contribution in [3.05, 3.63) is 34.9 Å². The first kappa shape index (κ1) is 16.4. The van der Waals surface area contributed by atoms with Gasteiger partial charge in [0.2, 0.25) is 0 Å². The summed E-state index contributed by atoms with van der Waals surface area (Å²) in [4.78, 5) is 14.4. The molecule has 0 spiro atoms.